The Balaban J connectivity index is 3.18. The van der Waals surface area contributed by atoms with Crippen LogP contribution in [0.5, 0.6) is 0 Å². The van der Waals surface area contributed by atoms with Crippen LogP contribution < -0.4 is 0 Å². The van der Waals surface area contributed by atoms with Crippen LogP contribution in [0.1, 0.15) is 113 Å². The zero-order valence-corrected chi connectivity index (χ0v) is 29.6. The van der Waals surface area contributed by atoms with Gasteiger partial charge < -0.3 is 14.0 Å². The number of carboxylic acid groups (broad SMARTS) is 1. The van der Waals surface area contributed by atoms with Crippen molar-refractivity contribution < 1.29 is 27.5 Å². The smallest absolute Gasteiger partial charge is 0.303 e. The van der Waals surface area contributed by atoms with Gasteiger partial charge in [-0.2, -0.15) is 0 Å². The predicted molar refractivity (Wildman–Crippen MR) is 170 cm³/mol. The maximum absolute atomic E-state index is 15.7. The summed E-state index contributed by atoms with van der Waals surface area (Å²) >= 11 is 0. The molecular weight excluding hydrogens is 543 g/mol. The molecule has 6 atom stereocenters. The zero-order valence-electron chi connectivity index (χ0n) is 27.6. The summed E-state index contributed by atoms with van der Waals surface area (Å²) in [4.78, 5) is 10.8. The molecule has 8 heteroatoms. The molecule has 0 amide bonds. The predicted octanol–water partition coefficient (Wildman–Crippen LogP) is 10.3. The van der Waals surface area contributed by atoms with Crippen LogP contribution in [0, 0.1) is 11.8 Å². The summed E-state index contributed by atoms with van der Waals surface area (Å²) in [6, 6.07) is 0. The molecule has 40 heavy (non-hydrogen) atoms. The van der Waals surface area contributed by atoms with Gasteiger partial charge in [0.2, 0.25) is 0 Å². The lowest BCUT2D eigenvalue weighted by Crippen LogP contribution is -2.47. The van der Waals surface area contributed by atoms with Gasteiger partial charge in [0.1, 0.15) is 12.3 Å². The molecule has 1 aliphatic rings. The maximum Gasteiger partial charge on any atom is 0.303 e. The minimum atomic E-state index is -2.19. The lowest BCUT2D eigenvalue weighted by Gasteiger charge is -2.42. The molecule has 1 aliphatic carbocycles. The number of rotatable bonds is 17. The van der Waals surface area contributed by atoms with E-state index in [1.807, 2.05) is 0 Å². The van der Waals surface area contributed by atoms with E-state index in [0.717, 1.165) is 25.7 Å². The minimum absolute atomic E-state index is 0.00307. The van der Waals surface area contributed by atoms with Crippen LogP contribution in [-0.4, -0.2) is 52.3 Å². The lowest BCUT2D eigenvalue weighted by molar-refractivity contribution is -0.137. The molecule has 1 fully saturated rings. The summed E-state index contributed by atoms with van der Waals surface area (Å²) in [5.74, 6) is -1.02. The maximum atomic E-state index is 15.7. The second-order valence-electron chi connectivity index (χ2n) is 15.1. The van der Waals surface area contributed by atoms with Crippen molar-refractivity contribution in [2.75, 3.05) is 0 Å². The Hall–Kier alpha value is -0.576. The molecular formula is C32H62F2O4Si2. The standard InChI is InChI=1S/C32H62F2O4Si2/c1-12-13-17-27(34)29(38-40(10,11)32(5,6)7)23-21-25-24(26(33)18-15-14-16-19-30(35)36)20-22-28(25)37-39(8,9)31(2,3)4/h15,18,24-29H,12-14,16-17,19-23H2,1-11H3,(H,35,36)/b18-15-/t24-,25+,26+,27-,28+,29+/m0/s1. The molecule has 0 aromatic heterocycles. The van der Waals surface area contributed by atoms with E-state index in [2.05, 4.69) is 74.7 Å². The van der Waals surface area contributed by atoms with Crippen molar-refractivity contribution in [3.05, 3.63) is 12.2 Å². The van der Waals surface area contributed by atoms with E-state index < -0.39 is 41.1 Å². The van der Waals surface area contributed by atoms with Crippen LogP contribution in [-0.2, 0) is 13.6 Å². The van der Waals surface area contributed by atoms with E-state index in [0.29, 0.717) is 32.1 Å². The number of alkyl halides is 2. The van der Waals surface area contributed by atoms with Gasteiger partial charge in [0.15, 0.2) is 16.6 Å². The first kappa shape index (κ1) is 37.4. The SMILES string of the molecule is CCCC[C@H](F)[C@@H](CC[C@@H]1[C@@H]([C@H](F)/C=C\CCCC(=O)O)CC[C@H]1O[Si](C)(C)C(C)(C)C)O[Si](C)(C)C(C)(C)C. The molecule has 236 valence electrons. The summed E-state index contributed by atoms with van der Waals surface area (Å²) < 4.78 is 45.0. The van der Waals surface area contributed by atoms with Crippen LogP contribution in [0.4, 0.5) is 8.78 Å². The molecule has 0 heterocycles. The molecule has 0 radical (unpaired) electrons. The van der Waals surface area contributed by atoms with Crippen molar-refractivity contribution in [1.82, 2.24) is 0 Å². The first-order valence-corrected chi connectivity index (χ1v) is 21.6. The second kappa shape index (κ2) is 15.8. The number of aliphatic carboxylic acids is 1. The Morgan fingerprint density at radius 3 is 2.10 bits per heavy atom. The van der Waals surface area contributed by atoms with Crippen molar-refractivity contribution in [2.24, 2.45) is 11.8 Å². The zero-order chi connectivity index (χ0) is 30.9. The fraction of sp³-hybridized carbons (Fsp3) is 0.906. The van der Waals surface area contributed by atoms with Crippen molar-refractivity contribution in [2.45, 2.75) is 173 Å². The molecule has 1 saturated carbocycles. The van der Waals surface area contributed by atoms with Crippen LogP contribution in [0.3, 0.4) is 0 Å². The number of allylic oxidation sites excluding steroid dienone is 2. The third-order valence-electron chi connectivity index (χ3n) is 9.83. The van der Waals surface area contributed by atoms with Crippen LogP contribution in [0.25, 0.3) is 0 Å². The van der Waals surface area contributed by atoms with Crippen molar-refractivity contribution >= 4 is 22.6 Å². The molecule has 0 spiro atoms. The highest BCUT2D eigenvalue weighted by Crippen LogP contribution is 2.46. The highest BCUT2D eigenvalue weighted by molar-refractivity contribution is 6.74. The summed E-state index contributed by atoms with van der Waals surface area (Å²) in [6.07, 6.45) is 7.00. The number of carboxylic acids is 1. The van der Waals surface area contributed by atoms with Crippen molar-refractivity contribution in [3.8, 4) is 0 Å². The Morgan fingerprint density at radius 2 is 1.57 bits per heavy atom. The molecule has 0 aromatic rings. The number of hydrogen-bond acceptors (Lipinski definition) is 3. The van der Waals surface area contributed by atoms with Gasteiger partial charge in [0, 0.05) is 12.5 Å². The average molecular weight is 605 g/mol. The molecule has 4 nitrogen and oxygen atoms in total. The topological polar surface area (TPSA) is 55.8 Å². The fourth-order valence-corrected chi connectivity index (χ4v) is 7.89. The normalized spacial score (nSPS) is 23.5. The fourth-order valence-electron chi connectivity index (χ4n) is 5.11. The van der Waals surface area contributed by atoms with Crippen molar-refractivity contribution in [1.29, 1.82) is 0 Å². The summed E-state index contributed by atoms with van der Waals surface area (Å²) in [5, 5.41) is 8.90. The Labute approximate surface area is 247 Å². The van der Waals surface area contributed by atoms with Crippen LogP contribution >= 0.6 is 0 Å². The first-order valence-electron chi connectivity index (χ1n) is 15.8. The lowest BCUT2D eigenvalue weighted by atomic mass is 9.85. The summed E-state index contributed by atoms with van der Waals surface area (Å²) in [5.41, 5.74) is 0. The molecule has 1 rings (SSSR count). The van der Waals surface area contributed by atoms with Gasteiger partial charge in [-0.25, -0.2) is 8.78 Å². The average Bonchev–Trinajstić information content (AvgIpc) is 3.19. The summed E-state index contributed by atoms with van der Waals surface area (Å²) in [6.45, 7) is 24.2. The minimum Gasteiger partial charge on any atom is -0.481 e. The second-order valence-corrected chi connectivity index (χ2v) is 24.6. The van der Waals surface area contributed by atoms with E-state index in [1.165, 1.54) is 0 Å². The van der Waals surface area contributed by atoms with Gasteiger partial charge in [0.25, 0.3) is 0 Å². The molecule has 0 saturated heterocycles. The number of carbonyl (C=O) groups is 1. The van der Waals surface area contributed by atoms with E-state index in [9.17, 15) is 4.79 Å². The van der Waals surface area contributed by atoms with Gasteiger partial charge in [0.05, 0.1) is 6.10 Å². The van der Waals surface area contributed by atoms with Crippen LogP contribution in [0.15, 0.2) is 12.2 Å². The largest absolute Gasteiger partial charge is 0.481 e. The summed E-state index contributed by atoms with van der Waals surface area (Å²) in [7, 11) is -4.27. The van der Waals surface area contributed by atoms with Gasteiger partial charge >= 0.3 is 5.97 Å². The van der Waals surface area contributed by atoms with Gasteiger partial charge in [-0.15, -0.1) is 0 Å². The van der Waals surface area contributed by atoms with Crippen LogP contribution in [0.2, 0.25) is 36.3 Å². The van der Waals surface area contributed by atoms with Gasteiger partial charge in [-0.1, -0.05) is 73.5 Å². The van der Waals surface area contributed by atoms with E-state index in [1.54, 1.807) is 12.2 Å². The number of hydrogen-bond donors (Lipinski definition) is 1. The third kappa shape index (κ3) is 11.6. The van der Waals surface area contributed by atoms with E-state index in [-0.39, 0.29) is 34.4 Å². The quantitative estimate of drug-likeness (QED) is 0.102. The highest BCUT2D eigenvalue weighted by Gasteiger charge is 2.47. The molecule has 0 aromatic carbocycles. The number of unbranched alkanes of at least 4 members (excludes halogenated alkanes) is 2. The van der Waals surface area contributed by atoms with Gasteiger partial charge in [-0.3, -0.25) is 4.79 Å². The van der Waals surface area contributed by atoms with E-state index >= 15 is 8.78 Å². The molecule has 0 unspecified atom stereocenters. The van der Waals surface area contributed by atoms with E-state index in [4.69, 9.17) is 14.0 Å². The Morgan fingerprint density at radius 1 is 0.975 bits per heavy atom. The Kier molecular flexibility index (Phi) is 14.8. The monoisotopic (exact) mass is 604 g/mol. The highest BCUT2D eigenvalue weighted by atomic mass is 28.4. The molecule has 0 aliphatic heterocycles. The van der Waals surface area contributed by atoms with Gasteiger partial charge in [-0.05, 0) is 93.0 Å². The molecule has 1 N–H and O–H groups in total. The Bertz CT molecular complexity index is 789. The third-order valence-corrected chi connectivity index (χ3v) is 18.8. The first-order chi connectivity index (χ1) is 18.2. The van der Waals surface area contributed by atoms with Crippen molar-refractivity contribution in [3.63, 3.8) is 0 Å². The number of halogens is 2. The molecule has 0 bridgehead atoms.